The van der Waals surface area contributed by atoms with E-state index in [4.69, 9.17) is 0 Å². The van der Waals surface area contributed by atoms with E-state index in [1.54, 1.807) is 10.8 Å². The molecule has 0 aromatic carbocycles. The molecular weight excluding hydrogens is 204 g/mol. The summed E-state index contributed by atoms with van der Waals surface area (Å²) in [6.07, 6.45) is 13.0. The van der Waals surface area contributed by atoms with E-state index >= 15 is 0 Å². The van der Waals surface area contributed by atoms with Gasteiger partial charge in [0.05, 0.1) is 0 Å². The first kappa shape index (κ1) is 10.4. The van der Waals surface area contributed by atoms with Crippen LogP contribution in [-0.4, -0.2) is 5.75 Å². The minimum absolute atomic E-state index is 1.20. The SMILES string of the molecule is C1=C/C=C/SSSCCCC=C1. The molecule has 12 heavy (non-hydrogen) atoms. The maximum atomic E-state index is 2.23. The Kier molecular flexibility index (Phi) is 6.81. The monoisotopic (exact) mass is 216 g/mol. The van der Waals surface area contributed by atoms with Gasteiger partial charge in [-0.2, -0.15) is 0 Å². The molecule has 0 aromatic rings. The molecule has 0 N–H and O–H groups in total. The fourth-order valence-electron chi connectivity index (χ4n) is 0.725. The molecule has 0 spiro atoms. The molecular formula is C9H12S3. The highest BCUT2D eigenvalue weighted by molar-refractivity contribution is 9.09. The van der Waals surface area contributed by atoms with Crippen molar-refractivity contribution >= 4 is 31.4 Å². The molecule has 0 nitrogen and oxygen atoms in total. The molecule has 0 radical (unpaired) electrons. The number of allylic oxidation sites excluding steroid dienone is 5. The Morgan fingerprint density at radius 3 is 2.92 bits per heavy atom. The number of rotatable bonds is 0. The average Bonchev–Trinajstić information content (AvgIpc) is 2.05. The zero-order valence-electron chi connectivity index (χ0n) is 6.81. The summed E-state index contributed by atoms with van der Waals surface area (Å²) < 4.78 is 0. The smallest absolute Gasteiger partial charge is 0.00482 e. The lowest BCUT2D eigenvalue weighted by molar-refractivity contribution is 0.975. The number of hydrogen-bond acceptors (Lipinski definition) is 3. The standard InChI is InChI=1S/C9H12S3/c1-2-4-6-8-10-12-11-9-7-5-3-1/h1-4,6,8H,5,7,9H2/b3-1?,4-2?,8-6+. The molecule has 0 aliphatic carbocycles. The van der Waals surface area contributed by atoms with Gasteiger partial charge in [0.15, 0.2) is 0 Å². The maximum Gasteiger partial charge on any atom is 0.00482 e. The van der Waals surface area contributed by atoms with E-state index in [1.807, 2.05) is 20.6 Å². The first-order valence-electron chi connectivity index (χ1n) is 3.93. The first-order chi connectivity index (χ1) is 6.00. The maximum absolute atomic E-state index is 2.23. The van der Waals surface area contributed by atoms with Gasteiger partial charge in [0.2, 0.25) is 0 Å². The van der Waals surface area contributed by atoms with E-state index in [1.165, 1.54) is 18.6 Å². The second kappa shape index (κ2) is 7.90. The molecule has 1 rings (SSSR count). The third-order valence-electron chi connectivity index (χ3n) is 1.29. The summed E-state index contributed by atoms with van der Waals surface area (Å²) in [6, 6.07) is 0. The lowest BCUT2D eigenvalue weighted by Crippen LogP contribution is -1.73. The van der Waals surface area contributed by atoms with Crippen LogP contribution in [0.1, 0.15) is 12.8 Å². The van der Waals surface area contributed by atoms with Crippen molar-refractivity contribution in [3.63, 3.8) is 0 Å². The second-order valence-electron chi connectivity index (χ2n) is 2.27. The van der Waals surface area contributed by atoms with Gasteiger partial charge in [-0.25, -0.2) is 0 Å². The molecule has 0 aromatic heterocycles. The van der Waals surface area contributed by atoms with E-state index in [9.17, 15) is 0 Å². The predicted octanol–water partition coefficient (Wildman–Crippen LogP) is 4.44. The predicted molar refractivity (Wildman–Crippen MR) is 64.3 cm³/mol. The summed E-state index contributed by atoms with van der Waals surface area (Å²) in [5.74, 6) is 1.25. The van der Waals surface area contributed by atoms with Crippen LogP contribution < -0.4 is 0 Å². The Morgan fingerprint density at radius 1 is 1.00 bits per heavy atom. The van der Waals surface area contributed by atoms with Gasteiger partial charge in [-0.3, -0.25) is 0 Å². The molecule has 0 unspecified atom stereocenters. The van der Waals surface area contributed by atoms with Gasteiger partial charge >= 0.3 is 0 Å². The van der Waals surface area contributed by atoms with Crippen molar-refractivity contribution in [2.24, 2.45) is 0 Å². The fraction of sp³-hybridized carbons (Fsp3) is 0.333. The van der Waals surface area contributed by atoms with Crippen LogP contribution in [0, 0.1) is 0 Å². The molecule has 0 amide bonds. The molecule has 3 heteroatoms. The Morgan fingerprint density at radius 2 is 1.92 bits per heavy atom. The molecule has 0 bridgehead atoms. The topological polar surface area (TPSA) is 0 Å². The Hall–Kier alpha value is 0.270. The molecule has 0 fully saturated rings. The van der Waals surface area contributed by atoms with Gasteiger partial charge in [0, 0.05) is 5.75 Å². The van der Waals surface area contributed by atoms with Gasteiger partial charge in [0.25, 0.3) is 0 Å². The summed E-state index contributed by atoms with van der Waals surface area (Å²) in [5.41, 5.74) is 0. The summed E-state index contributed by atoms with van der Waals surface area (Å²) in [6.45, 7) is 0. The molecule has 66 valence electrons. The van der Waals surface area contributed by atoms with Crippen molar-refractivity contribution in [2.45, 2.75) is 12.8 Å². The molecule has 0 saturated heterocycles. The van der Waals surface area contributed by atoms with Crippen LogP contribution >= 0.6 is 31.4 Å². The minimum atomic E-state index is 1.20. The van der Waals surface area contributed by atoms with Gasteiger partial charge < -0.3 is 0 Å². The highest BCUT2D eigenvalue weighted by Gasteiger charge is 1.88. The zero-order valence-corrected chi connectivity index (χ0v) is 9.26. The summed E-state index contributed by atoms with van der Waals surface area (Å²) in [5, 5.41) is 2.11. The number of hydrogen-bond donors (Lipinski definition) is 0. The van der Waals surface area contributed by atoms with Crippen LogP contribution in [0.5, 0.6) is 0 Å². The molecule has 1 heterocycles. The van der Waals surface area contributed by atoms with E-state index in [0.29, 0.717) is 0 Å². The van der Waals surface area contributed by atoms with Gasteiger partial charge in [-0.05, 0) is 28.1 Å². The fourth-order valence-corrected chi connectivity index (χ4v) is 3.91. The van der Waals surface area contributed by atoms with Crippen LogP contribution in [0.4, 0.5) is 0 Å². The largest absolute Gasteiger partial charge is 0.0845 e. The normalized spacial score (nSPS) is 22.7. The minimum Gasteiger partial charge on any atom is -0.0845 e. The van der Waals surface area contributed by atoms with E-state index in [0.717, 1.165) is 0 Å². The van der Waals surface area contributed by atoms with Crippen LogP contribution in [0.15, 0.2) is 35.8 Å². The van der Waals surface area contributed by atoms with Crippen molar-refractivity contribution in [3.8, 4) is 0 Å². The highest BCUT2D eigenvalue weighted by atomic mass is 33.5. The van der Waals surface area contributed by atoms with Crippen LogP contribution in [0.2, 0.25) is 0 Å². The van der Waals surface area contributed by atoms with E-state index < -0.39 is 0 Å². The Bertz CT molecular complexity index is 162. The van der Waals surface area contributed by atoms with Crippen LogP contribution in [0.25, 0.3) is 0 Å². The van der Waals surface area contributed by atoms with E-state index in [-0.39, 0.29) is 0 Å². The van der Waals surface area contributed by atoms with Crippen molar-refractivity contribution < 1.29 is 0 Å². The molecule has 0 saturated carbocycles. The molecule has 1 aliphatic heterocycles. The summed E-state index contributed by atoms with van der Waals surface area (Å²) in [4.78, 5) is 0. The van der Waals surface area contributed by atoms with Crippen molar-refractivity contribution in [2.75, 3.05) is 5.75 Å². The first-order valence-corrected chi connectivity index (χ1v) is 7.65. The van der Waals surface area contributed by atoms with Crippen molar-refractivity contribution in [3.05, 3.63) is 35.8 Å². The van der Waals surface area contributed by atoms with Crippen LogP contribution in [-0.2, 0) is 0 Å². The third kappa shape index (κ3) is 5.86. The van der Waals surface area contributed by atoms with Gasteiger partial charge in [-0.1, -0.05) is 52.0 Å². The highest BCUT2D eigenvalue weighted by Crippen LogP contribution is 2.35. The van der Waals surface area contributed by atoms with E-state index in [2.05, 4.69) is 35.8 Å². The zero-order chi connectivity index (χ0) is 8.49. The summed E-state index contributed by atoms with van der Waals surface area (Å²) >= 11 is 0. The molecule has 0 atom stereocenters. The third-order valence-corrected chi connectivity index (χ3v) is 5.12. The second-order valence-corrected chi connectivity index (χ2v) is 6.43. The Labute approximate surface area is 85.8 Å². The lowest BCUT2D eigenvalue weighted by atomic mass is 10.3. The lowest BCUT2D eigenvalue weighted by Gasteiger charge is -1.95. The Balaban J connectivity index is 2.32. The quantitative estimate of drug-likeness (QED) is 0.550. The molecule has 1 aliphatic rings. The van der Waals surface area contributed by atoms with Gasteiger partial charge in [0.1, 0.15) is 0 Å². The van der Waals surface area contributed by atoms with Gasteiger partial charge in [-0.15, -0.1) is 0 Å². The summed E-state index contributed by atoms with van der Waals surface area (Å²) in [7, 11) is 5.59. The van der Waals surface area contributed by atoms with Crippen molar-refractivity contribution in [1.29, 1.82) is 0 Å². The average molecular weight is 216 g/mol. The van der Waals surface area contributed by atoms with Crippen LogP contribution in [0.3, 0.4) is 0 Å². The van der Waals surface area contributed by atoms with Crippen molar-refractivity contribution in [1.82, 2.24) is 0 Å².